The summed E-state index contributed by atoms with van der Waals surface area (Å²) in [6.07, 6.45) is 1.89. The van der Waals surface area contributed by atoms with E-state index < -0.39 is 9.84 Å². The van der Waals surface area contributed by atoms with Crippen molar-refractivity contribution in [1.29, 1.82) is 0 Å². The average molecular weight is 534 g/mol. The number of nitrogens with zero attached hydrogens (tertiary/aromatic N) is 1. The van der Waals surface area contributed by atoms with Gasteiger partial charge in [0.1, 0.15) is 9.84 Å². The van der Waals surface area contributed by atoms with E-state index in [1.165, 1.54) is 11.2 Å². The molecule has 9 heteroatoms. The fourth-order valence-corrected chi connectivity index (χ4v) is 3.78. The molecule has 0 saturated heterocycles. The normalized spacial score (nSPS) is 12.4. The molecular weight excluding hydrogens is 505 g/mol. The third-order valence-corrected chi connectivity index (χ3v) is 5.80. The van der Waals surface area contributed by atoms with Gasteiger partial charge in [-0.25, -0.2) is 8.42 Å². The van der Waals surface area contributed by atoms with Crippen LogP contribution >= 0.6 is 47.3 Å². The second kappa shape index (κ2) is 12.3. The summed E-state index contributed by atoms with van der Waals surface area (Å²) in [5.41, 5.74) is -0.126. The molecule has 0 radical (unpaired) electrons. The minimum absolute atomic E-state index is 0. The summed E-state index contributed by atoms with van der Waals surface area (Å²) in [6.45, 7) is 5.53. The number of thioether (sulfide) groups is 1. The van der Waals surface area contributed by atoms with Gasteiger partial charge in [0.15, 0.2) is 5.96 Å². The lowest BCUT2D eigenvalue weighted by molar-refractivity contribution is 0.348. The van der Waals surface area contributed by atoms with Gasteiger partial charge in [-0.3, -0.25) is 4.99 Å². The molecule has 1 aromatic carbocycles. The first-order chi connectivity index (χ1) is 11.6. The predicted molar refractivity (Wildman–Crippen MR) is 125 cm³/mol. The fourth-order valence-electron chi connectivity index (χ4n) is 1.96. The molecule has 0 aliphatic heterocycles. The van der Waals surface area contributed by atoms with E-state index in [1.807, 2.05) is 24.3 Å². The molecule has 0 saturated carbocycles. The largest absolute Gasteiger partial charge is 0.356 e. The number of hydrogen-bond acceptors (Lipinski definition) is 4. The monoisotopic (exact) mass is 533 g/mol. The van der Waals surface area contributed by atoms with Crippen molar-refractivity contribution in [3.63, 3.8) is 0 Å². The van der Waals surface area contributed by atoms with E-state index in [4.69, 9.17) is 11.6 Å². The van der Waals surface area contributed by atoms with Crippen LogP contribution in [0.4, 0.5) is 0 Å². The van der Waals surface area contributed by atoms with E-state index in [9.17, 15) is 8.42 Å². The van der Waals surface area contributed by atoms with Crippen LogP contribution in [0.25, 0.3) is 0 Å². The Balaban J connectivity index is 0.00000625. The van der Waals surface area contributed by atoms with E-state index in [0.29, 0.717) is 13.0 Å². The lowest BCUT2D eigenvalue weighted by Gasteiger charge is -2.25. The van der Waals surface area contributed by atoms with Crippen molar-refractivity contribution in [2.45, 2.75) is 25.2 Å². The fraction of sp³-hybridized carbons (Fsp3) is 0.588. The third-order valence-electron chi connectivity index (χ3n) is 3.58. The second-order valence-corrected chi connectivity index (χ2v) is 10.6. The summed E-state index contributed by atoms with van der Waals surface area (Å²) < 4.78 is 22.6. The van der Waals surface area contributed by atoms with Crippen LogP contribution in [0.3, 0.4) is 0 Å². The Morgan fingerprint density at radius 3 is 2.38 bits per heavy atom. The minimum atomic E-state index is -2.93. The summed E-state index contributed by atoms with van der Waals surface area (Å²) in [5.74, 6) is 1.83. The van der Waals surface area contributed by atoms with E-state index in [-0.39, 0.29) is 35.1 Å². The van der Waals surface area contributed by atoms with Crippen LogP contribution < -0.4 is 10.6 Å². The Morgan fingerprint density at radius 1 is 1.23 bits per heavy atom. The summed E-state index contributed by atoms with van der Waals surface area (Å²) in [5, 5.41) is 7.28. The van der Waals surface area contributed by atoms with Crippen molar-refractivity contribution in [2.75, 3.05) is 37.9 Å². The van der Waals surface area contributed by atoms with Crippen LogP contribution in [0.15, 0.2) is 34.2 Å². The van der Waals surface area contributed by atoms with Gasteiger partial charge in [-0.2, -0.15) is 0 Å². The maximum absolute atomic E-state index is 11.3. The highest BCUT2D eigenvalue weighted by Gasteiger charge is 2.20. The molecule has 0 unspecified atom stereocenters. The van der Waals surface area contributed by atoms with Crippen molar-refractivity contribution >= 4 is 63.1 Å². The molecule has 0 heterocycles. The zero-order chi connectivity index (χ0) is 18.9. The number of benzene rings is 1. The number of guanidine groups is 1. The van der Waals surface area contributed by atoms with E-state index >= 15 is 0 Å². The molecule has 0 aliphatic rings. The lowest BCUT2D eigenvalue weighted by Crippen LogP contribution is -2.43. The van der Waals surface area contributed by atoms with Crippen LogP contribution in [0, 0.1) is 5.41 Å². The Bertz CT molecular complexity index is 665. The number of nitrogens with one attached hydrogen (secondary N) is 2. The highest BCUT2D eigenvalue weighted by Crippen LogP contribution is 2.20. The average Bonchev–Trinajstić information content (AvgIpc) is 2.53. The highest BCUT2D eigenvalue weighted by molar-refractivity contribution is 14.0. The van der Waals surface area contributed by atoms with Crippen molar-refractivity contribution in [3.8, 4) is 0 Å². The standard InChI is InChI=1S/C17H28ClN3O2S2.HI/c1-17(2,9-12-25(4,22)23)13-21-16(19-3)20-10-11-24-15-7-5-14(18)6-8-15;/h5-8H,9-13H2,1-4H3,(H2,19,20,21);1H. The van der Waals surface area contributed by atoms with Gasteiger partial charge >= 0.3 is 0 Å². The Morgan fingerprint density at radius 2 is 1.85 bits per heavy atom. The summed E-state index contributed by atoms with van der Waals surface area (Å²) >= 11 is 7.62. The molecule has 0 atom stereocenters. The molecule has 0 spiro atoms. The number of rotatable bonds is 9. The van der Waals surface area contributed by atoms with E-state index in [0.717, 1.165) is 23.3 Å². The molecule has 5 nitrogen and oxygen atoms in total. The molecule has 0 amide bonds. The van der Waals surface area contributed by atoms with Gasteiger partial charge in [0.2, 0.25) is 0 Å². The minimum Gasteiger partial charge on any atom is -0.356 e. The number of hydrogen-bond donors (Lipinski definition) is 2. The van der Waals surface area contributed by atoms with Gasteiger partial charge in [0, 0.05) is 42.1 Å². The summed E-state index contributed by atoms with van der Waals surface area (Å²) in [4.78, 5) is 5.38. The third kappa shape index (κ3) is 12.2. The SMILES string of the molecule is CN=C(NCCSc1ccc(Cl)cc1)NCC(C)(C)CCS(C)(=O)=O.I. The lowest BCUT2D eigenvalue weighted by atomic mass is 9.90. The predicted octanol–water partition coefficient (Wildman–Crippen LogP) is 3.68. The van der Waals surface area contributed by atoms with Crippen LogP contribution in [-0.4, -0.2) is 52.3 Å². The van der Waals surface area contributed by atoms with Crippen LogP contribution in [0.1, 0.15) is 20.3 Å². The summed E-state index contributed by atoms with van der Waals surface area (Å²) in [6, 6.07) is 7.78. The molecule has 26 heavy (non-hydrogen) atoms. The molecule has 0 aromatic heterocycles. The first-order valence-corrected chi connectivity index (χ1v) is 11.5. The maximum atomic E-state index is 11.3. The van der Waals surface area contributed by atoms with Gasteiger partial charge in [-0.05, 0) is 36.1 Å². The van der Waals surface area contributed by atoms with Gasteiger partial charge in [0.25, 0.3) is 0 Å². The van der Waals surface area contributed by atoms with Crippen molar-refractivity contribution in [3.05, 3.63) is 29.3 Å². The molecule has 1 aromatic rings. The van der Waals surface area contributed by atoms with E-state index in [2.05, 4.69) is 29.5 Å². The number of sulfone groups is 1. The van der Waals surface area contributed by atoms with E-state index in [1.54, 1.807) is 18.8 Å². The van der Waals surface area contributed by atoms with Crippen LogP contribution in [-0.2, 0) is 9.84 Å². The quantitative estimate of drug-likeness (QED) is 0.167. The highest BCUT2D eigenvalue weighted by atomic mass is 127. The van der Waals surface area contributed by atoms with Crippen molar-refractivity contribution < 1.29 is 8.42 Å². The molecule has 0 fully saturated rings. The van der Waals surface area contributed by atoms with Gasteiger partial charge < -0.3 is 10.6 Å². The number of halogens is 2. The number of aliphatic imine (C=N–C) groups is 1. The second-order valence-electron chi connectivity index (χ2n) is 6.70. The van der Waals surface area contributed by atoms with Gasteiger partial charge in [0.05, 0.1) is 5.75 Å². The van der Waals surface area contributed by atoms with Crippen LogP contribution in [0.5, 0.6) is 0 Å². The molecule has 150 valence electrons. The molecular formula is C17H29ClIN3O2S2. The maximum Gasteiger partial charge on any atom is 0.191 e. The molecule has 0 aliphatic carbocycles. The molecule has 1 rings (SSSR count). The van der Waals surface area contributed by atoms with Crippen molar-refractivity contribution in [2.24, 2.45) is 10.4 Å². The Kier molecular flexibility index (Phi) is 12.2. The summed E-state index contributed by atoms with van der Waals surface area (Å²) in [7, 11) is -1.21. The van der Waals surface area contributed by atoms with Gasteiger partial charge in [-0.1, -0.05) is 25.4 Å². The molecule has 0 bridgehead atoms. The Labute approximate surface area is 184 Å². The first kappa shape index (κ1) is 25.8. The Hall–Kier alpha value is -0.190. The zero-order valence-corrected chi connectivity index (χ0v) is 20.4. The van der Waals surface area contributed by atoms with Crippen molar-refractivity contribution in [1.82, 2.24) is 10.6 Å². The van der Waals surface area contributed by atoms with Gasteiger partial charge in [-0.15, -0.1) is 35.7 Å². The van der Waals surface area contributed by atoms with Crippen LogP contribution in [0.2, 0.25) is 5.02 Å². The smallest absolute Gasteiger partial charge is 0.191 e. The topological polar surface area (TPSA) is 70.6 Å². The zero-order valence-electron chi connectivity index (χ0n) is 15.7. The first-order valence-electron chi connectivity index (χ1n) is 8.12. The molecule has 2 N–H and O–H groups in total.